The second-order valence-corrected chi connectivity index (χ2v) is 5.63. The minimum Gasteiger partial charge on any atom is -0.393 e. The van der Waals surface area contributed by atoms with Crippen molar-refractivity contribution >= 4 is 0 Å². The van der Waals surface area contributed by atoms with Crippen LogP contribution in [0.3, 0.4) is 0 Å². The molecule has 5 atom stereocenters. The SMILES string of the molecule is CC1CCC(O)C(CC2CCC(C)O2)C1. The Morgan fingerprint density at radius 2 is 1.93 bits per heavy atom. The fourth-order valence-electron chi connectivity index (χ4n) is 3.13. The normalized spacial score (nSPS) is 47.0. The van der Waals surface area contributed by atoms with Crippen LogP contribution in [0.4, 0.5) is 0 Å². The van der Waals surface area contributed by atoms with Gasteiger partial charge in [0, 0.05) is 0 Å². The zero-order chi connectivity index (χ0) is 10.8. The second kappa shape index (κ2) is 4.84. The Hall–Kier alpha value is -0.0800. The van der Waals surface area contributed by atoms with E-state index in [1.165, 1.54) is 25.7 Å². The van der Waals surface area contributed by atoms with Crippen molar-refractivity contribution in [1.29, 1.82) is 0 Å². The molecule has 2 fully saturated rings. The van der Waals surface area contributed by atoms with Gasteiger partial charge in [-0.15, -0.1) is 0 Å². The summed E-state index contributed by atoms with van der Waals surface area (Å²) in [4.78, 5) is 0. The van der Waals surface area contributed by atoms with Gasteiger partial charge in [-0.25, -0.2) is 0 Å². The van der Waals surface area contributed by atoms with Crippen molar-refractivity contribution in [3.63, 3.8) is 0 Å². The molecule has 2 heteroatoms. The molecule has 0 aromatic rings. The lowest BCUT2D eigenvalue weighted by molar-refractivity contribution is -0.00554. The average Bonchev–Trinajstić information content (AvgIpc) is 2.58. The average molecular weight is 212 g/mol. The summed E-state index contributed by atoms with van der Waals surface area (Å²) in [6.07, 6.45) is 7.64. The van der Waals surface area contributed by atoms with E-state index in [4.69, 9.17) is 4.74 Å². The maximum atomic E-state index is 9.96. The highest BCUT2D eigenvalue weighted by Gasteiger charge is 2.31. The molecule has 2 nitrogen and oxygen atoms in total. The molecule has 1 saturated carbocycles. The molecule has 1 aliphatic carbocycles. The van der Waals surface area contributed by atoms with Crippen LogP contribution in [-0.4, -0.2) is 23.4 Å². The molecule has 0 amide bonds. The summed E-state index contributed by atoms with van der Waals surface area (Å²) in [6.45, 7) is 4.46. The quantitative estimate of drug-likeness (QED) is 0.762. The number of ether oxygens (including phenoxy) is 1. The number of rotatable bonds is 2. The van der Waals surface area contributed by atoms with E-state index in [2.05, 4.69) is 13.8 Å². The lowest BCUT2D eigenvalue weighted by Crippen LogP contribution is -2.31. The smallest absolute Gasteiger partial charge is 0.0583 e. The summed E-state index contributed by atoms with van der Waals surface area (Å²) in [5.41, 5.74) is 0. The van der Waals surface area contributed by atoms with Crippen molar-refractivity contribution in [2.24, 2.45) is 11.8 Å². The van der Waals surface area contributed by atoms with Crippen molar-refractivity contribution in [1.82, 2.24) is 0 Å². The predicted octanol–water partition coefficient (Wildman–Crippen LogP) is 2.74. The maximum absolute atomic E-state index is 9.96. The van der Waals surface area contributed by atoms with Gasteiger partial charge in [0.1, 0.15) is 0 Å². The first-order valence-electron chi connectivity index (χ1n) is 6.48. The van der Waals surface area contributed by atoms with Gasteiger partial charge in [0.2, 0.25) is 0 Å². The number of hydrogen-bond donors (Lipinski definition) is 1. The number of hydrogen-bond acceptors (Lipinski definition) is 2. The first kappa shape index (κ1) is 11.4. The molecule has 88 valence electrons. The monoisotopic (exact) mass is 212 g/mol. The Balaban J connectivity index is 1.82. The molecular formula is C13H24O2. The van der Waals surface area contributed by atoms with Gasteiger partial charge in [0.05, 0.1) is 18.3 Å². The molecule has 0 spiro atoms. The van der Waals surface area contributed by atoms with Crippen LogP contribution in [0.15, 0.2) is 0 Å². The third kappa shape index (κ3) is 2.94. The summed E-state index contributed by atoms with van der Waals surface area (Å²) < 4.78 is 5.84. The predicted molar refractivity (Wildman–Crippen MR) is 60.7 cm³/mol. The molecular weight excluding hydrogens is 188 g/mol. The molecule has 1 saturated heterocycles. The summed E-state index contributed by atoms with van der Waals surface area (Å²) in [7, 11) is 0. The van der Waals surface area contributed by atoms with Gasteiger partial charge in [0.25, 0.3) is 0 Å². The molecule has 5 unspecified atom stereocenters. The van der Waals surface area contributed by atoms with Gasteiger partial charge in [-0.1, -0.05) is 6.92 Å². The van der Waals surface area contributed by atoms with Crippen LogP contribution in [0.1, 0.15) is 52.4 Å². The fraction of sp³-hybridized carbons (Fsp3) is 1.00. The molecule has 2 rings (SSSR count). The number of aliphatic hydroxyl groups is 1. The first-order chi connectivity index (χ1) is 7.15. The summed E-state index contributed by atoms with van der Waals surface area (Å²) in [6, 6.07) is 0. The van der Waals surface area contributed by atoms with E-state index < -0.39 is 0 Å². The van der Waals surface area contributed by atoms with Gasteiger partial charge < -0.3 is 9.84 Å². The Bertz CT molecular complexity index is 205. The van der Waals surface area contributed by atoms with E-state index in [0.717, 1.165) is 18.8 Å². The highest BCUT2D eigenvalue weighted by Crippen LogP contribution is 2.35. The van der Waals surface area contributed by atoms with E-state index in [-0.39, 0.29) is 6.10 Å². The van der Waals surface area contributed by atoms with E-state index in [1.807, 2.05) is 0 Å². The molecule has 0 radical (unpaired) electrons. The molecule has 15 heavy (non-hydrogen) atoms. The highest BCUT2D eigenvalue weighted by molar-refractivity contribution is 4.82. The van der Waals surface area contributed by atoms with Crippen LogP contribution in [0.5, 0.6) is 0 Å². The van der Waals surface area contributed by atoms with E-state index >= 15 is 0 Å². The van der Waals surface area contributed by atoms with Gasteiger partial charge >= 0.3 is 0 Å². The Kier molecular flexibility index (Phi) is 3.68. The Labute approximate surface area is 93.0 Å². The van der Waals surface area contributed by atoms with Gasteiger partial charge in [-0.3, -0.25) is 0 Å². The Morgan fingerprint density at radius 1 is 1.13 bits per heavy atom. The van der Waals surface area contributed by atoms with Crippen LogP contribution in [0.2, 0.25) is 0 Å². The number of aliphatic hydroxyl groups excluding tert-OH is 1. The van der Waals surface area contributed by atoms with Crippen molar-refractivity contribution in [2.45, 2.75) is 70.7 Å². The topological polar surface area (TPSA) is 29.5 Å². The van der Waals surface area contributed by atoms with Crippen molar-refractivity contribution in [3.8, 4) is 0 Å². The zero-order valence-electron chi connectivity index (χ0n) is 9.98. The minimum absolute atomic E-state index is 0.0688. The van der Waals surface area contributed by atoms with Crippen molar-refractivity contribution < 1.29 is 9.84 Å². The second-order valence-electron chi connectivity index (χ2n) is 5.63. The van der Waals surface area contributed by atoms with E-state index in [9.17, 15) is 5.11 Å². The summed E-state index contributed by atoms with van der Waals surface area (Å²) in [5.74, 6) is 1.28. The summed E-state index contributed by atoms with van der Waals surface area (Å²) in [5, 5.41) is 9.96. The first-order valence-corrected chi connectivity index (χ1v) is 6.48. The van der Waals surface area contributed by atoms with Crippen LogP contribution >= 0.6 is 0 Å². The zero-order valence-corrected chi connectivity index (χ0v) is 9.98. The van der Waals surface area contributed by atoms with Crippen LogP contribution in [0, 0.1) is 11.8 Å². The molecule has 2 aliphatic rings. The van der Waals surface area contributed by atoms with E-state index in [1.54, 1.807) is 0 Å². The molecule has 1 N–H and O–H groups in total. The van der Waals surface area contributed by atoms with Crippen molar-refractivity contribution in [3.05, 3.63) is 0 Å². The highest BCUT2D eigenvalue weighted by atomic mass is 16.5. The van der Waals surface area contributed by atoms with Crippen LogP contribution in [-0.2, 0) is 4.74 Å². The molecule has 0 bridgehead atoms. The Morgan fingerprint density at radius 3 is 2.60 bits per heavy atom. The molecule has 0 aromatic carbocycles. The largest absolute Gasteiger partial charge is 0.393 e. The summed E-state index contributed by atoms with van der Waals surface area (Å²) >= 11 is 0. The maximum Gasteiger partial charge on any atom is 0.0583 e. The standard InChI is InChI=1S/C13H24O2/c1-9-3-6-13(14)11(7-9)8-12-5-4-10(2)15-12/h9-14H,3-8H2,1-2H3. The molecule has 0 aromatic heterocycles. The van der Waals surface area contributed by atoms with Gasteiger partial charge in [0.15, 0.2) is 0 Å². The molecule has 1 heterocycles. The minimum atomic E-state index is -0.0688. The lowest BCUT2D eigenvalue weighted by atomic mass is 9.77. The molecule has 1 aliphatic heterocycles. The van der Waals surface area contributed by atoms with Gasteiger partial charge in [-0.2, -0.15) is 0 Å². The third-order valence-corrected chi connectivity index (χ3v) is 4.09. The van der Waals surface area contributed by atoms with Crippen LogP contribution < -0.4 is 0 Å². The van der Waals surface area contributed by atoms with E-state index in [0.29, 0.717) is 18.1 Å². The fourth-order valence-corrected chi connectivity index (χ4v) is 3.13. The van der Waals surface area contributed by atoms with Gasteiger partial charge in [-0.05, 0) is 57.3 Å². The van der Waals surface area contributed by atoms with Crippen molar-refractivity contribution in [2.75, 3.05) is 0 Å². The lowest BCUT2D eigenvalue weighted by Gasteiger charge is -2.33. The third-order valence-electron chi connectivity index (χ3n) is 4.09. The van der Waals surface area contributed by atoms with Crippen LogP contribution in [0.25, 0.3) is 0 Å².